The molecule has 3 fully saturated rings. The first-order valence-electron chi connectivity index (χ1n) is 13.6. The fraction of sp³-hybridized carbons (Fsp3) is 0.679. The number of aliphatic hydroxyl groups excluding tert-OH is 1. The van der Waals surface area contributed by atoms with Gasteiger partial charge in [0, 0.05) is 30.1 Å². The molecule has 198 valence electrons. The van der Waals surface area contributed by atoms with Crippen molar-refractivity contribution in [3.05, 3.63) is 30.3 Å². The van der Waals surface area contributed by atoms with Crippen LogP contribution >= 0.6 is 11.8 Å². The van der Waals surface area contributed by atoms with Gasteiger partial charge in [0.05, 0.1) is 16.6 Å². The summed E-state index contributed by atoms with van der Waals surface area (Å²) in [4.78, 5) is 43.2. The Hall–Kier alpha value is -2.06. The van der Waals surface area contributed by atoms with Crippen LogP contribution in [0.3, 0.4) is 0 Å². The number of carbonyl (C=O) groups excluding carboxylic acids is 3. The van der Waals surface area contributed by atoms with E-state index in [1.54, 1.807) is 16.7 Å². The van der Waals surface area contributed by atoms with Crippen molar-refractivity contribution in [3.63, 3.8) is 0 Å². The van der Waals surface area contributed by atoms with Crippen LogP contribution in [0.4, 0.5) is 5.69 Å². The Morgan fingerprint density at radius 1 is 1.17 bits per heavy atom. The lowest BCUT2D eigenvalue weighted by Crippen LogP contribution is -2.57. The Balaban J connectivity index is 1.62. The number of hydrogen-bond acceptors (Lipinski definition) is 5. The predicted octanol–water partition coefficient (Wildman–Crippen LogP) is 3.82. The van der Waals surface area contributed by atoms with E-state index in [0.717, 1.165) is 50.6 Å². The molecule has 3 amide bonds. The maximum Gasteiger partial charge on any atom is 0.244 e. The van der Waals surface area contributed by atoms with E-state index in [1.807, 2.05) is 37.3 Å². The van der Waals surface area contributed by atoms with Crippen LogP contribution in [0.1, 0.15) is 65.7 Å². The number of aliphatic hydroxyl groups is 1. The number of rotatable bonds is 12. The number of nitrogens with zero attached hydrogens (tertiary/aromatic N) is 1. The molecule has 2 bridgehead atoms. The molecule has 3 aliphatic rings. The lowest BCUT2D eigenvalue weighted by atomic mass is 9.65. The lowest BCUT2D eigenvalue weighted by Gasteiger charge is -2.39. The zero-order chi connectivity index (χ0) is 25.9. The smallest absolute Gasteiger partial charge is 0.244 e. The van der Waals surface area contributed by atoms with Crippen molar-refractivity contribution < 1.29 is 19.5 Å². The average Bonchev–Trinajstić information content (AvgIpc) is 3.43. The number of likely N-dealkylation sites (tertiary alicyclic amines) is 1. The van der Waals surface area contributed by atoms with Gasteiger partial charge in [-0.2, -0.15) is 0 Å². The Bertz CT molecular complexity index is 944. The van der Waals surface area contributed by atoms with Crippen molar-refractivity contribution in [2.45, 2.75) is 87.8 Å². The van der Waals surface area contributed by atoms with Gasteiger partial charge in [-0.05, 0) is 50.7 Å². The van der Waals surface area contributed by atoms with Gasteiger partial charge >= 0.3 is 0 Å². The van der Waals surface area contributed by atoms with Crippen LogP contribution in [0.25, 0.3) is 0 Å². The minimum absolute atomic E-state index is 0.0349. The Labute approximate surface area is 219 Å². The third-order valence-corrected chi connectivity index (χ3v) is 10.3. The molecule has 1 spiro atoms. The first-order chi connectivity index (χ1) is 17.3. The van der Waals surface area contributed by atoms with Gasteiger partial charge in [-0.15, -0.1) is 11.8 Å². The zero-order valence-corrected chi connectivity index (χ0v) is 22.6. The molecule has 0 aliphatic carbocycles. The van der Waals surface area contributed by atoms with Crippen LogP contribution in [0.5, 0.6) is 0 Å². The fourth-order valence-corrected chi connectivity index (χ4v) is 9.10. The average molecular weight is 516 g/mol. The fourth-order valence-electron chi connectivity index (χ4n) is 6.68. The molecule has 4 unspecified atom stereocenters. The second-order valence-corrected chi connectivity index (χ2v) is 12.3. The molecule has 3 heterocycles. The first-order valence-corrected chi connectivity index (χ1v) is 14.5. The second-order valence-electron chi connectivity index (χ2n) is 10.8. The van der Waals surface area contributed by atoms with E-state index in [1.165, 1.54) is 0 Å². The summed E-state index contributed by atoms with van der Waals surface area (Å²) >= 11 is 1.72. The van der Waals surface area contributed by atoms with E-state index in [9.17, 15) is 14.4 Å². The molecular formula is C28H41N3O4S. The van der Waals surface area contributed by atoms with E-state index in [-0.39, 0.29) is 41.5 Å². The molecular weight excluding hydrogens is 474 g/mol. The van der Waals surface area contributed by atoms with Crippen LogP contribution in [0.15, 0.2) is 30.3 Å². The third-order valence-electron chi connectivity index (χ3n) is 8.26. The van der Waals surface area contributed by atoms with Crippen molar-refractivity contribution in [1.82, 2.24) is 10.2 Å². The zero-order valence-electron chi connectivity index (χ0n) is 21.7. The summed E-state index contributed by atoms with van der Waals surface area (Å²) in [6, 6.07) is 8.86. The van der Waals surface area contributed by atoms with Gasteiger partial charge in [0.15, 0.2) is 0 Å². The molecule has 8 heteroatoms. The summed E-state index contributed by atoms with van der Waals surface area (Å²) in [5.74, 6) is -1.01. The number of unbranched alkanes of at least 4 members (excludes halogenated alkanes) is 3. The normalized spacial score (nSPS) is 31.4. The highest BCUT2D eigenvalue weighted by Gasteiger charge is 2.75. The van der Waals surface area contributed by atoms with Gasteiger partial charge < -0.3 is 20.6 Å². The minimum atomic E-state index is -0.582. The molecule has 3 N–H and O–H groups in total. The van der Waals surface area contributed by atoms with E-state index in [4.69, 9.17) is 5.11 Å². The molecule has 1 aromatic carbocycles. The number of carbonyl (C=O) groups is 3. The number of thioether (sulfide) groups is 1. The molecule has 1 aromatic rings. The Morgan fingerprint density at radius 2 is 1.89 bits per heavy atom. The van der Waals surface area contributed by atoms with Gasteiger partial charge in [0.1, 0.15) is 6.04 Å². The number of para-hydroxylation sites is 1. The molecule has 0 saturated carbocycles. The number of nitrogens with one attached hydrogen (secondary N) is 2. The number of fused-ring (bicyclic) bond motifs is 1. The molecule has 3 saturated heterocycles. The highest BCUT2D eigenvalue weighted by Crippen LogP contribution is 2.68. The van der Waals surface area contributed by atoms with Crippen LogP contribution in [0, 0.1) is 17.8 Å². The van der Waals surface area contributed by atoms with Crippen molar-refractivity contribution in [2.24, 2.45) is 17.8 Å². The number of hydrogen-bond donors (Lipinski definition) is 3. The SMILES string of the molecule is CCCC(C)NC(=O)C1N(CCCCCCO)C(=O)[C@@H]2[C@H](C(=O)Nc3ccccc3)[C@@H]3CC(C)C12S3. The summed E-state index contributed by atoms with van der Waals surface area (Å²) in [5.41, 5.74) is 0.728. The highest BCUT2D eigenvalue weighted by molar-refractivity contribution is 8.02. The molecule has 7 atom stereocenters. The van der Waals surface area contributed by atoms with Gasteiger partial charge in [0.25, 0.3) is 0 Å². The van der Waals surface area contributed by atoms with Crippen molar-refractivity contribution in [3.8, 4) is 0 Å². The van der Waals surface area contributed by atoms with E-state index in [2.05, 4.69) is 24.5 Å². The summed E-state index contributed by atoms with van der Waals surface area (Å²) < 4.78 is -0.582. The molecule has 3 aliphatic heterocycles. The maximum absolute atomic E-state index is 14.0. The number of anilines is 1. The largest absolute Gasteiger partial charge is 0.396 e. The summed E-state index contributed by atoms with van der Waals surface area (Å²) in [6.45, 7) is 6.95. The number of amides is 3. The predicted molar refractivity (Wildman–Crippen MR) is 144 cm³/mol. The van der Waals surface area contributed by atoms with Crippen molar-refractivity contribution in [2.75, 3.05) is 18.5 Å². The van der Waals surface area contributed by atoms with E-state index < -0.39 is 22.6 Å². The molecule has 36 heavy (non-hydrogen) atoms. The summed E-state index contributed by atoms with van der Waals surface area (Å²) in [6.07, 6.45) is 6.01. The molecule has 0 aromatic heterocycles. The number of benzene rings is 1. The second kappa shape index (κ2) is 11.5. The molecule has 7 nitrogen and oxygen atoms in total. The minimum Gasteiger partial charge on any atom is -0.396 e. The van der Waals surface area contributed by atoms with Gasteiger partial charge in [-0.25, -0.2) is 0 Å². The maximum atomic E-state index is 14.0. The van der Waals surface area contributed by atoms with Crippen LogP contribution in [0.2, 0.25) is 0 Å². The summed E-state index contributed by atoms with van der Waals surface area (Å²) in [5, 5.41) is 15.4. The lowest BCUT2D eigenvalue weighted by molar-refractivity contribution is -0.139. The van der Waals surface area contributed by atoms with Gasteiger partial charge in [0.2, 0.25) is 17.7 Å². The monoisotopic (exact) mass is 515 g/mol. The van der Waals surface area contributed by atoms with Crippen molar-refractivity contribution in [1.29, 1.82) is 0 Å². The highest BCUT2D eigenvalue weighted by atomic mass is 32.2. The quantitative estimate of drug-likeness (QED) is 0.368. The third kappa shape index (κ3) is 4.91. The first kappa shape index (κ1) is 27.0. The van der Waals surface area contributed by atoms with E-state index >= 15 is 0 Å². The van der Waals surface area contributed by atoms with Crippen LogP contribution < -0.4 is 10.6 Å². The van der Waals surface area contributed by atoms with Crippen molar-refractivity contribution >= 4 is 35.2 Å². The summed E-state index contributed by atoms with van der Waals surface area (Å²) in [7, 11) is 0. The van der Waals surface area contributed by atoms with Crippen LogP contribution in [-0.4, -0.2) is 63.0 Å². The van der Waals surface area contributed by atoms with E-state index in [0.29, 0.717) is 6.54 Å². The van der Waals surface area contributed by atoms with Crippen LogP contribution in [-0.2, 0) is 14.4 Å². The van der Waals surface area contributed by atoms with Gasteiger partial charge in [-0.1, -0.05) is 51.3 Å². The molecule has 0 radical (unpaired) electrons. The van der Waals surface area contributed by atoms with Gasteiger partial charge in [-0.3, -0.25) is 14.4 Å². The topological polar surface area (TPSA) is 98.7 Å². The Morgan fingerprint density at radius 3 is 2.58 bits per heavy atom. The Kier molecular flexibility index (Phi) is 8.66. The standard InChI is InChI=1S/C28H41N3O4S/c1-4-12-19(3)29-26(34)24-28-18(2)17-21(36-28)22(25(33)30-20-13-8-7-9-14-20)23(28)27(35)31(24)15-10-5-6-11-16-32/h7-9,13-14,18-19,21-24,32H,4-6,10-12,15-17H2,1-3H3,(H,29,34)(H,30,33)/t18?,19?,21-,22+,23-,24?,28?/m0/s1. The molecule has 4 rings (SSSR count).